The van der Waals surface area contributed by atoms with Crippen LogP contribution >= 0.6 is 0 Å². The molecule has 0 saturated carbocycles. The quantitative estimate of drug-likeness (QED) is 0.940. The first-order valence-corrected chi connectivity index (χ1v) is 6.97. The standard InChI is InChI=1S/C17H16F2O2/c18-14-7-3-5-12(16(14)19)10-15(20)17-13-6-2-1-4-11(13)8-9-21-17/h1-7,15,17,20H,8-10H2. The summed E-state index contributed by atoms with van der Waals surface area (Å²) in [4.78, 5) is 0. The maximum absolute atomic E-state index is 13.7. The largest absolute Gasteiger partial charge is 0.390 e. The second kappa shape index (κ2) is 5.92. The molecule has 110 valence electrons. The number of fused-ring (bicyclic) bond motifs is 1. The van der Waals surface area contributed by atoms with E-state index in [1.54, 1.807) is 0 Å². The molecule has 1 aliphatic heterocycles. The van der Waals surface area contributed by atoms with Crippen molar-refractivity contribution in [2.45, 2.75) is 25.0 Å². The van der Waals surface area contributed by atoms with Crippen molar-refractivity contribution in [1.29, 1.82) is 0 Å². The Hall–Kier alpha value is -1.78. The van der Waals surface area contributed by atoms with Gasteiger partial charge >= 0.3 is 0 Å². The number of hydrogen-bond acceptors (Lipinski definition) is 2. The fraction of sp³-hybridized carbons (Fsp3) is 0.294. The van der Waals surface area contributed by atoms with Crippen LogP contribution in [0.1, 0.15) is 22.8 Å². The van der Waals surface area contributed by atoms with Crippen molar-refractivity contribution in [3.05, 3.63) is 70.8 Å². The Morgan fingerprint density at radius 3 is 2.81 bits per heavy atom. The minimum absolute atomic E-state index is 0.0165. The van der Waals surface area contributed by atoms with Gasteiger partial charge < -0.3 is 9.84 Å². The molecule has 2 aromatic carbocycles. The van der Waals surface area contributed by atoms with Gasteiger partial charge in [0.1, 0.15) is 6.10 Å². The molecule has 2 aromatic rings. The molecule has 0 fully saturated rings. The maximum atomic E-state index is 13.7. The molecule has 2 nitrogen and oxygen atoms in total. The van der Waals surface area contributed by atoms with Gasteiger partial charge in [-0.3, -0.25) is 0 Å². The molecule has 3 rings (SSSR count). The summed E-state index contributed by atoms with van der Waals surface area (Å²) >= 11 is 0. The van der Waals surface area contributed by atoms with Gasteiger partial charge in [0.05, 0.1) is 12.7 Å². The molecule has 0 saturated heterocycles. The first-order chi connectivity index (χ1) is 10.2. The molecule has 0 amide bonds. The Labute approximate surface area is 122 Å². The highest BCUT2D eigenvalue weighted by Gasteiger charge is 2.28. The van der Waals surface area contributed by atoms with Crippen molar-refractivity contribution >= 4 is 0 Å². The second-order valence-electron chi connectivity index (χ2n) is 5.22. The predicted octanol–water partition coefficient (Wildman–Crippen LogP) is 3.18. The van der Waals surface area contributed by atoms with E-state index in [9.17, 15) is 13.9 Å². The van der Waals surface area contributed by atoms with E-state index >= 15 is 0 Å². The van der Waals surface area contributed by atoms with E-state index in [2.05, 4.69) is 0 Å². The molecule has 0 radical (unpaired) electrons. The summed E-state index contributed by atoms with van der Waals surface area (Å²) in [5.74, 6) is -1.80. The van der Waals surface area contributed by atoms with Crippen LogP contribution in [0.4, 0.5) is 8.78 Å². The average Bonchev–Trinajstić information content (AvgIpc) is 2.51. The van der Waals surface area contributed by atoms with Gasteiger partial charge in [0.15, 0.2) is 11.6 Å². The Morgan fingerprint density at radius 2 is 1.95 bits per heavy atom. The van der Waals surface area contributed by atoms with Crippen LogP contribution in [0, 0.1) is 11.6 Å². The van der Waals surface area contributed by atoms with E-state index < -0.39 is 23.8 Å². The van der Waals surface area contributed by atoms with Crippen LogP contribution < -0.4 is 0 Å². The minimum Gasteiger partial charge on any atom is -0.390 e. The lowest BCUT2D eigenvalue weighted by Crippen LogP contribution is -2.28. The monoisotopic (exact) mass is 290 g/mol. The molecule has 21 heavy (non-hydrogen) atoms. The maximum Gasteiger partial charge on any atom is 0.162 e. The summed E-state index contributed by atoms with van der Waals surface area (Å²) in [6.45, 7) is 0.518. The summed E-state index contributed by atoms with van der Waals surface area (Å²) in [7, 11) is 0. The van der Waals surface area contributed by atoms with Gasteiger partial charge in [-0.2, -0.15) is 0 Å². The van der Waals surface area contributed by atoms with Crippen LogP contribution in [-0.2, 0) is 17.6 Å². The van der Waals surface area contributed by atoms with Gasteiger partial charge in [-0.25, -0.2) is 8.78 Å². The van der Waals surface area contributed by atoms with Gasteiger partial charge in [-0.15, -0.1) is 0 Å². The summed E-state index contributed by atoms with van der Waals surface area (Å²) in [5, 5.41) is 10.4. The molecule has 0 spiro atoms. The number of halogens is 2. The molecule has 0 aromatic heterocycles. The fourth-order valence-corrected chi connectivity index (χ4v) is 2.78. The van der Waals surface area contributed by atoms with E-state index in [1.165, 1.54) is 12.1 Å². The highest BCUT2D eigenvalue weighted by molar-refractivity contribution is 5.32. The normalized spacial score (nSPS) is 19.1. The molecule has 1 heterocycles. The van der Waals surface area contributed by atoms with Crippen LogP contribution in [0.5, 0.6) is 0 Å². The van der Waals surface area contributed by atoms with Crippen LogP contribution in [-0.4, -0.2) is 17.8 Å². The topological polar surface area (TPSA) is 29.5 Å². The number of ether oxygens (including phenoxy) is 1. The van der Waals surface area contributed by atoms with Crippen LogP contribution in [0.25, 0.3) is 0 Å². The van der Waals surface area contributed by atoms with Crippen molar-refractivity contribution in [3.63, 3.8) is 0 Å². The lowest BCUT2D eigenvalue weighted by atomic mass is 9.92. The van der Waals surface area contributed by atoms with Gasteiger partial charge in [-0.05, 0) is 29.2 Å². The molecular weight excluding hydrogens is 274 g/mol. The van der Waals surface area contributed by atoms with E-state index in [4.69, 9.17) is 4.74 Å². The Balaban J connectivity index is 1.83. The average molecular weight is 290 g/mol. The Kier molecular flexibility index (Phi) is 3.99. The highest BCUT2D eigenvalue weighted by Crippen LogP contribution is 2.31. The number of hydrogen-bond donors (Lipinski definition) is 1. The first-order valence-electron chi connectivity index (χ1n) is 6.97. The number of aliphatic hydroxyl groups excluding tert-OH is 1. The fourth-order valence-electron chi connectivity index (χ4n) is 2.78. The zero-order chi connectivity index (χ0) is 14.8. The Bertz CT molecular complexity index is 642. The minimum atomic E-state index is -0.914. The van der Waals surface area contributed by atoms with Gasteiger partial charge in [0, 0.05) is 6.42 Å². The first kappa shape index (κ1) is 14.2. The number of rotatable bonds is 3. The second-order valence-corrected chi connectivity index (χ2v) is 5.22. The smallest absolute Gasteiger partial charge is 0.162 e. The van der Waals surface area contributed by atoms with Crippen molar-refractivity contribution in [2.75, 3.05) is 6.61 Å². The van der Waals surface area contributed by atoms with E-state index in [1.807, 2.05) is 24.3 Å². The molecule has 0 bridgehead atoms. The number of aliphatic hydroxyl groups is 1. The van der Waals surface area contributed by atoms with Crippen LogP contribution in [0.2, 0.25) is 0 Å². The zero-order valence-corrected chi connectivity index (χ0v) is 11.4. The molecule has 1 N–H and O–H groups in total. The van der Waals surface area contributed by atoms with Gasteiger partial charge in [-0.1, -0.05) is 36.4 Å². The molecule has 1 aliphatic rings. The van der Waals surface area contributed by atoms with E-state index in [-0.39, 0.29) is 12.0 Å². The molecular formula is C17H16F2O2. The third-order valence-corrected chi connectivity index (χ3v) is 3.84. The molecule has 2 atom stereocenters. The molecule has 4 heteroatoms. The molecule has 2 unspecified atom stereocenters. The predicted molar refractivity (Wildman–Crippen MR) is 74.9 cm³/mol. The lowest BCUT2D eigenvalue weighted by Gasteiger charge is -2.29. The summed E-state index contributed by atoms with van der Waals surface area (Å²) < 4.78 is 32.6. The van der Waals surface area contributed by atoms with Crippen molar-refractivity contribution < 1.29 is 18.6 Å². The van der Waals surface area contributed by atoms with Crippen LogP contribution in [0.3, 0.4) is 0 Å². The van der Waals surface area contributed by atoms with E-state index in [0.29, 0.717) is 6.61 Å². The van der Waals surface area contributed by atoms with Crippen LogP contribution in [0.15, 0.2) is 42.5 Å². The van der Waals surface area contributed by atoms with Crippen molar-refractivity contribution in [3.8, 4) is 0 Å². The summed E-state index contributed by atoms with van der Waals surface area (Å²) in [6.07, 6.45) is -0.601. The third kappa shape index (κ3) is 2.82. The summed E-state index contributed by atoms with van der Waals surface area (Å²) in [5.41, 5.74) is 2.22. The SMILES string of the molecule is OC(Cc1cccc(F)c1F)C1OCCc2ccccc21. The Morgan fingerprint density at radius 1 is 1.14 bits per heavy atom. The third-order valence-electron chi connectivity index (χ3n) is 3.84. The molecule has 0 aliphatic carbocycles. The van der Waals surface area contributed by atoms with Crippen molar-refractivity contribution in [2.24, 2.45) is 0 Å². The van der Waals surface area contributed by atoms with Gasteiger partial charge in [0.25, 0.3) is 0 Å². The summed E-state index contributed by atoms with van der Waals surface area (Å²) in [6, 6.07) is 11.7. The zero-order valence-electron chi connectivity index (χ0n) is 11.4. The number of benzene rings is 2. The highest BCUT2D eigenvalue weighted by atomic mass is 19.2. The van der Waals surface area contributed by atoms with E-state index in [0.717, 1.165) is 23.6 Å². The van der Waals surface area contributed by atoms with Crippen molar-refractivity contribution in [1.82, 2.24) is 0 Å². The van der Waals surface area contributed by atoms with Gasteiger partial charge in [0.2, 0.25) is 0 Å². The lowest BCUT2D eigenvalue weighted by molar-refractivity contribution is -0.0463.